The van der Waals surface area contributed by atoms with E-state index in [4.69, 9.17) is 0 Å². The van der Waals surface area contributed by atoms with Crippen LogP contribution in [0.1, 0.15) is 43.4 Å². The number of rotatable bonds is 5. The van der Waals surface area contributed by atoms with Crippen molar-refractivity contribution in [3.63, 3.8) is 0 Å². The van der Waals surface area contributed by atoms with Gasteiger partial charge in [0.2, 0.25) is 0 Å². The molecule has 0 aliphatic carbocycles. The van der Waals surface area contributed by atoms with E-state index >= 15 is 0 Å². The van der Waals surface area contributed by atoms with Crippen LogP contribution in [-0.4, -0.2) is 31.1 Å². The minimum Gasteiger partial charge on any atom is -0.314 e. The predicted molar refractivity (Wildman–Crippen MR) is 77.8 cm³/mol. The topological polar surface area (TPSA) is 15.3 Å². The Kier molecular flexibility index (Phi) is 5.49. The number of nitrogens with zero attached hydrogens (tertiary/aromatic N) is 1. The third-order valence-electron chi connectivity index (χ3n) is 4.08. The minimum absolute atomic E-state index is 0.142. The molecule has 0 saturated carbocycles. The van der Waals surface area contributed by atoms with E-state index in [2.05, 4.69) is 17.1 Å². The van der Waals surface area contributed by atoms with Gasteiger partial charge in [-0.25, -0.2) is 8.78 Å². The van der Waals surface area contributed by atoms with E-state index in [0.717, 1.165) is 45.4 Å². The Morgan fingerprint density at radius 2 is 1.95 bits per heavy atom. The van der Waals surface area contributed by atoms with Crippen molar-refractivity contribution in [3.05, 3.63) is 34.9 Å². The van der Waals surface area contributed by atoms with Gasteiger partial charge in [0, 0.05) is 37.8 Å². The standard InChI is InChI=1S/C16H24F2N2/c1-3-4-5-14(20-10-8-19-9-11-20)15-13(17)7-6-12(2)16(15)18/h6-7,14,19H,3-5,8-11H2,1-2H3/t14-/m0/s1. The highest BCUT2D eigenvalue weighted by Gasteiger charge is 2.27. The van der Waals surface area contributed by atoms with Crippen LogP contribution in [0.25, 0.3) is 0 Å². The summed E-state index contributed by atoms with van der Waals surface area (Å²) in [6.07, 6.45) is 2.84. The molecular formula is C16H24F2N2. The molecule has 1 N–H and O–H groups in total. The second-order valence-corrected chi connectivity index (χ2v) is 5.54. The molecule has 4 heteroatoms. The van der Waals surface area contributed by atoms with Gasteiger partial charge in [-0.05, 0) is 25.0 Å². The van der Waals surface area contributed by atoms with E-state index in [9.17, 15) is 8.78 Å². The Labute approximate surface area is 120 Å². The molecule has 112 valence electrons. The molecule has 1 heterocycles. The number of nitrogens with one attached hydrogen (secondary N) is 1. The maximum Gasteiger partial charge on any atom is 0.133 e. The Bertz CT molecular complexity index is 442. The first kappa shape index (κ1) is 15.4. The molecule has 1 aliphatic rings. The Morgan fingerprint density at radius 3 is 2.60 bits per heavy atom. The van der Waals surface area contributed by atoms with Crippen molar-refractivity contribution >= 4 is 0 Å². The van der Waals surface area contributed by atoms with Crippen LogP contribution < -0.4 is 5.32 Å². The van der Waals surface area contributed by atoms with Gasteiger partial charge in [-0.2, -0.15) is 0 Å². The van der Waals surface area contributed by atoms with Gasteiger partial charge in [0.05, 0.1) is 0 Å². The van der Waals surface area contributed by atoms with E-state index in [1.165, 1.54) is 12.1 Å². The van der Waals surface area contributed by atoms with Crippen LogP contribution >= 0.6 is 0 Å². The molecule has 1 aliphatic heterocycles. The van der Waals surface area contributed by atoms with E-state index < -0.39 is 5.82 Å². The fourth-order valence-corrected chi connectivity index (χ4v) is 2.88. The third kappa shape index (κ3) is 3.36. The molecule has 0 amide bonds. The van der Waals surface area contributed by atoms with Gasteiger partial charge in [-0.3, -0.25) is 4.90 Å². The number of benzene rings is 1. The lowest BCUT2D eigenvalue weighted by Gasteiger charge is -2.35. The Hall–Kier alpha value is -1.00. The van der Waals surface area contributed by atoms with Gasteiger partial charge in [-0.1, -0.05) is 25.8 Å². The maximum atomic E-state index is 14.4. The molecular weight excluding hydrogens is 258 g/mol. The summed E-state index contributed by atoms with van der Waals surface area (Å²) in [4.78, 5) is 2.22. The predicted octanol–water partition coefficient (Wildman–Crippen LogP) is 3.41. The lowest BCUT2D eigenvalue weighted by Crippen LogP contribution is -2.45. The molecule has 0 unspecified atom stereocenters. The number of unbranched alkanes of at least 4 members (excludes halogenated alkanes) is 1. The van der Waals surface area contributed by atoms with Crippen molar-refractivity contribution in [1.82, 2.24) is 10.2 Å². The normalized spacial score (nSPS) is 18.2. The summed E-state index contributed by atoms with van der Waals surface area (Å²) in [6.45, 7) is 7.28. The quantitative estimate of drug-likeness (QED) is 0.890. The first-order valence-corrected chi connectivity index (χ1v) is 7.54. The van der Waals surface area contributed by atoms with Crippen molar-refractivity contribution < 1.29 is 8.78 Å². The molecule has 1 saturated heterocycles. The van der Waals surface area contributed by atoms with E-state index in [-0.39, 0.29) is 17.4 Å². The molecule has 1 aromatic carbocycles. The van der Waals surface area contributed by atoms with Crippen molar-refractivity contribution in [2.75, 3.05) is 26.2 Å². The zero-order valence-electron chi connectivity index (χ0n) is 12.4. The highest BCUT2D eigenvalue weighted by Crippen LogP contribution is 2.32. The van der Waals surface area contributed by atoms with Gasteiger partial charge in [0.15, 0.2) is 0 Å². The van der Waals surface area contributed by atoms with Crippen LogP contribution in [0, 0.1) is 18.6 Å². The molecule has 20 heavy (non-hydrogen) atoms. The third-order valence-corrected chi connectivity index (χ3v) is 4.08. The zero-order valence-corrected chi connectivity index (χ0v) is 12.4. The second-order valence-electron chi connectivity index (χ2n) is 5.54. The summed E-state index contributed by atoms with van der Waals surface area (Å²) >= 11 is 0. The van der Waals surface area contributed by atoms with Gasteiger partial charge < -0.3 is 5.32 Å². The summed E-state index contributed by atoms with van der Waals surface area (Å²) in [5, 5.41) is 3.29. The molecule has 0 spiro atoms. The largest absolute Gasteiger partial charge is 0.314 e. The summed E-state index contributed by atoms with van der Waals surface area (Å²) in [6, 6.07) is 2.77. The first-order chi connectivity index (χ1) is 9.65. The molecule has 1 atom stereocenters. The SMILES string of the molecule is CCCC[C@@H](c1c(F)ccc(C)c1F)N1CCNCC1. The van der Waals surface area contributed by atoms with E-state index in [1.54, 1.807) is 6.92 Å². The molecule has 2 nitrogen and oxygen atoms in total. The van der Waals surface area contributed by atoms with Crippen LogP contribution in [0.3, 0.4) is 0 Å². The number of aryl methyl sites for hydroxylation is 1. The fourth-order valence-electron chi connectivity index (χ4n) is 2.88. The van der Waals surface area contributed by atoms with Gasteiger partial charge in [-0.15, -0.1) is 0 Å². The molecule has 0 radical (unpaired) electrons. The molecule has 1 aromatic rings. The van der Waals surface area contributed by atoms with Gasteiger partial charge in [0.25, 0.3) is 0 Å². The summed E-state index contributed by atoms with van der Waals surface area (Å²) in [7, 11) is 0. The lowest BCUT2D eigenvalue weighted by atomic mass is 9.96. The van der Waals surface area contributed by atoms with Crippen molar-refractivity contribution in [2.24, 2.45) is 0 Å². The van der Waals surface area contributed by atoms with Gasteiger partial charge >= 0.3 is 0 Å². The van der Waals surface area contributed by atoms with E-state index in [1.807, 2.05) is 0 Å². The Morgan fingerprint density at radius 1 is 1.25 bits per heavy atom. The van der Waals surface area contributed by atoms with E-state index in [0.29, 0.717) is 5.56 Å². The van der Waals surface area contributed by atoms with Crippen LogP contribution in [-0.2, 0) is 0 Å². The van der Waals surface area contributed by atoms with Crippen molar-refractivity contribution in [1.29, 1.82) is 0 Å². The average molecular weight is 282 g/mol. The van der Waals surface area contributed by atoms with Gasteiger partial charge in [0.1, 0.15) is 11.6 Å². The van der Waals surface area contributed by atoms with Crippen molar-refractivity contribution in [2.45, 2.75) is 39.2 Å². The fraction of sp³-hybridized carbons (Fsp3) is 0.625. The molecule has 2 rings (SSSR count). The van der Waals surface area contributed by atoms with Crippen LogP contribution in [0.15, 0.2) is 12.1 Å². The van der Waals surface area contributed by atoms with Crippen LogP contribution in [0.2, 0.25) is 0 Å². The highest BCUT2D eigenvalue weighted by atomic mass is 19.1. The number of hydrogen-bond donors (Lipinski definition) is 1. The maximum absolute atomic E-state index is 14.4. The summed E-state index contributed by atoms with van der Waals surface area (Å²) in [5.41, 5.74) is 0.790. The first-order valence-electron chi connectivity index (χ1n) is 7.54. The molecule has 0 aromatic heterocycles. The molecule has 1 fully saturated rings. The summed E-state index contributed by atoms with van der Waals surface area (Å²) in [5.74, 6) is -0.780. The minimum atomic E-state index is -0.410. The number of piperazine rings is 1. The smallest absolute Gasteiger partial charge is 0.133 e. The second kappa shape index (κ2) is 7.14. The van der Waals surface area contributed by atoms with Crippen LogP contribution in [0.4, 0.5) is 8.78 Å². The monoisotopic (exact) mass is 282 g/mol. The molecule has 0 bridgehead atoms. The lowest BCUT2D eigenvalue weighted by molar-refractivity contribution is 0.156. The number of halogens is 2. The average Bonchev–Trinajstić information content (AvgIpc) is 2.47. The summed E-state index contributed by atoms with van der Waals surface area (Å²) < 4.78 is 28.6. The Balaban J connectivity index is 2.32. The zero-order chi connectivity index (χ0) is 14.5. The van der Waals surface area contributed by atoms with Crippen molar-refractivity contribution in [3.8, 4) is 0 Å². The number of hydrogen-bond acceptors (Lipinski definition) is 2. The highest BCUT2D eigenvalue weighted by molar-refractivity contribution is 5.29. The van der Waals surface area contributed by atoms with Crippen LogP contribution in [0.5, 0.6) is 0 Å².